The highest BCUT2D eigenvalue weighted by Crippen LogP contribution is 2.26. The Bertz CT molecular complexity index is 914. The van der Waals surface area contributed by atoms with Crippen LogP contribution in [0.15, 0.2) is 41.8 Å². The van der Waals surface area contributed by atoms with Crippen molar-refractivity contribution >= 4 is 23.0 Å². The van der Waals surface area contributed by atoms with Crippen LogP contribution in [0.3, 0.4) is 0 Å². The number of rotatable bonds is 4. The standard InChI is InChI=1S/C20H20N2O2S/c1-12-9-17(21)13(2)8-16(12)10-19-22-18(11-25-19)14-4-6-15(7-5-14)20(23)24-3/h4-9,11H,10,21H2,1-3H3. The van der Waals surface area contributed by atoms with Gasteiger partial charge in [0.15, 0.2) is 0 Å². The summed E-state index contributed by atoms with van der Waals surface area (Å²) in [6, 6.07) is 11.5. The number of nitrogens with zero attached hydrogens (tertiary/aromatic N) is 1. The average Bonchev–Trinajstić information content (AvgIpc) is 3.07. The molecule has 25 heavy (non-hydrogen) atoms. The first kappa shape index (κ1) is 17.2. The molecular formula is C20H20N2O2S. The third kappa shape index (κ3) is 3.72. The van der Waals surface area contributed by atoms with Crippen LogP contribution in [0.2, 0.25) is 0 Å². The molecule has 3 rings (SSSR count). The Morgan fingerprint density at radius 1 is 1.16 bits per heavy atom. The van der Waals surface area contributed by atoms with Crippen molar-refractivity contribution in [1.82, 2.24) is 4.98 Å². The summed E-state index contributed by atoms with van der Waals surface area (Å²) in [5.74, 6) is -0.334. The minimum absolute atomic E-state index is 0.334. The predicted octanol–water partition coefficient (Wildman–Crippen LogP) is 4.39. The molecule has 0 amide bonds. The van der Waals surface area contributed by atoms with E-state index < -0.39 is 0 Å². The lowest BCUT2D eigenvalue weighted by Crippen LogP contribution is -2.00. The number of ether oxygens (including phenoxy) is 1. The van der Waals surface area contributed by atoms with E-state index in [9.17, 15) is 4.79 Å². The number of methoxy groups -OCH3 is 1. The Balaban J connectivity index is 1.81. The summed E-state index contributed by atoms with van der Waals surface area (Å²) in [7, 11) is 1.38. The number of esters is 1. The lowest BCUT2D eigenvalue weighted by Gasteiger charge is -2.08. The molecule has 128 valence electrons. The summed E-state index contributed by atoms with van der Waals surface area (Å²) in [5.41, 5.74) is 12.7. The van der Waals surface area contributed by atoms with Crippen LogP contribution in [0.25, 0.3) is 11.3 Å². The number of aromatic nitrogens is 1. The third-order valence-corrected chi connectivity index (χ3v) is 5.07. The second-order valence-corrected chi connectivity index (χ2v) is 6.95. The van der Waals surface area contributed by atoms with Crippen molar-refractivity contribution in [2.45, 2.75) is 20.3 Å². The smallest absolute Gasteiger partial charge is 0.337 e. The van der Waals surface area contributed by atoms with Crippen molar-refractivity contribution in [3.05, 3.63) is 69.0 Å². The van der Waals surface area contributed by atoms with Crippen LogP contribution < -0.4 is 5.73 Å². The van der Waals surface area contributed by atoms with E-state index in [0.717, 1.165) is 33.9 Å². The normalized spacial score (nSPS) is 10.7. The van der Waals surface area contributed by atoms with E-state index in [1.54, 1.807) is 23.5 Å². The lowest BCUT2D eigenvalue weighted by molar-refractivity contribution is 0.0601. The molecule has 0 saturated heterocycles. The summed E-state index contributed by atoms with van der Waals surface area (Å²) < 4.78 is 4.72. The number of hydrogen-bond acceptors (Lipinski definition) is 5. The number of anilines is 1. The van der Waals surface area contributed by atoms with Gasteiger partial charge in [0.05, 0.1) is 23.4 Å². The molecule has 1 heterocycles. The van der Waals surface area contributed by atoms with E-state index >= 15 is 0 Å². The van der Waals surface area contributed by atoms with Crippen molar-refractivity contribution in [2.75, 3.05) is 12.8 Å². The molecule has 0 aliphatic rings. The van der Waals surface area contributed by atoms with Crippen LogP contribution in [-0.2, 0) is 11.2 Å². The van der Waals surface area contributed by atoms with Gasteiger partial charge in [-0.1, -0.05) is 18.2 Å². The van der Waals surface area contributed by atoms with Crippen molar-refractivity contribution in [3.8, 4) is 11.3 Å². The van der Waals surface area contributed by atoms with E-state index in [1.165, 1.54) is 18.2 Å². The Kier molecular flexibility index (Phi) is 4.86. The number of thiazole rings is 1. The first-order chi connectivity index (χ1) is 12.0. The van der Waals surface area contributed by atoms with Gasteiger partial charge in [0.25, 0.3) is 0 Å². The minimum atomic E-state index is -0.334. The van der Waals surface area contributed by atoms with Crippen molar-refractivity contribution in [1.29, 1.82) is 0 Å². The van der Waals surface area contributed by atoms with Crippen LogP contribution in [0, 0.1) is 13.8 Å². The fourth-order valence-corrected chi connectivity index (χ4v) is 3.50. The first-order valence-electron chi connectivity index (χ1n) is 7.96. The molecule has 3 aromatic rings. The zero-order valence-electron chi connectivity index (χ0n) is 14.5. The second-order valence-electron chi connectivity index (χ2n) is 6.01. The number of nitrogens with two attached hydrogens (primary N) is 1. The molecule has 0 spiro atoms. The molecule has 5 heteroatoms. The van der Waals surface area contributed by atoms with Crippen LogP contribution in [0.1, 0.15) is 32.1 Å². The quantitative estimate of drug-likeness (QED) is 0.559. The monoisotopic (exact) mass is 352 g/mol. The Morgan fingerprint density at radius 3 is 2.56 bits per heavy atom. The van der Waals surface area contributed by atoms with Gasteiger partial charge in [-0.05, 0) is 48.7 Å². The highest BCUT2D eigenvalue weighted by Gasteiger charge is 2.10. The molecule has 0 radical (unpaired) electrons. The van der Waals surface area contributed by atoms with Crippen LogP contribution in [0.4, 0.5) is 5.69 Å². The Morgan fingerprint density at radius 2 is 1.88 bits per heavy atom. The highest BCUT2D eigenvalue weighted by molar-refractivity contribution is 7.10. The maximum Gasteiger partial charge on any atom is 0.337 e. The van der Waals surface area contributed by atoms with E-state index in [2.05, 4.69) is 13.0 Å². The molecule has 2 aromatic carbocycles. The van der Waals surface area contributed by atoms with Crippen molar-refractivity contribution < 1.29 is 9.53 Å². The van der Waals surface area contributed by atoms with Gasteiger partial charge in [-0.3, -0.25) is 0 Å². The van der Waals surface area contributed by atoms with Gasteiger partial charge in [0, 0.05) is 23.1 Å². The van der Waals surface area contributed by atoms with Gasteiger partial charge in [-0.15, -0.1) is 11.3 Å². The topological polar surface area (TPSA) is 65.2 Å². The molecule has 4 nitrogen and oxygen atoms in total. The van der Waals surface area contributed by atoms with Crippen LogP contribution in [0.5, 0.6) is 0 Å². The van der Waals surface area contributed by atoms with E-state index in [0.29, 0.717) is 5.56 Å². The molecule has 1 aromatic heterocycles. The summed E-state index contributed by atoms with van der Waals surface area (Å²) in [5, 5.41) is 3.10. The number of nitrogen functional groups attached to an aromatic ring is 1. The van der Waals surface area contributed by atoms with Gasteiger partial charge in [-0.2, -0.15) is 0 Å². The first-order valence-corrected chi connectivity index (χ1v) is 8.84. The Hall–Kier alpha value is -2.66. The predicted molar refractivity (Wildman–Crippen MR) is 102 cm³/mol. The van der Waals surface area contributed by atoms with E-state index in [-0.39, 0.29) is 5.97 Å². The molecule has 2 N–H and O–H groups in total. The second kappa shape index (κ2) is 7.07. The zero-order chi connectivity index (χ0) is 18.0. The molecule has 0 atom stereocenters. The molecule has 0 aliphatic carbocycles. The van der Waals surface area contributed by atoms with E-state index in [4.69, 9.17) is 15.5 Å². The van der Waals surface area contributed by atoms with Crippen molar-refractivity contribution in [3.63, 3.8) is 0 Å². The maximum absolute atomic E-state index is 11.5. The van der Waals surface area contributed by atoms with E-state index in [1.807, 2.05) is 30.5 Å². The zero-order valence-corrected chi connectivity index (χ0v) is 15.3. The highest BCUT2D eigenvalue weighted by atomic mass is 32.1. The van der Waals surface area contributed by atoms with Crippen LogP contribution in [-0.4, -0.2) is 18.1 Å². The fourth-order valence-electron chi connectivity index (χ4n) is 2.67. The minimum Gasteiger partial charge on any atom is -0.465 e. The molecule has 0 fully saturated rings. The lowest BCUT2D eigenvalue weighted by atomic mass is 10.0. The van der Waals surface area contributed by atoms with Gasteiger partial charge in [-0.25, -0.2) is 9.78 Å². The summed E-state index contributed by atoms with van der Waals surface area (Å²) in [4.78, 5) is 16.2. The number of aryl methyl sites for hydroxylation is 2. The summed E-state index contributed by atoms with van der Waals surface area (Å²) in [6.45, 7) is 4.10. The number of carbonyl (C=O) groups is 1. The number of carbonyl (C=O) groups excluding carboxylic acids is 1. The molecule has 0 aliphatic heterocycles. The van der Waals surface area contributed by atoms with Crippen molar-refractivity contribution in [2.24, 2.45) is 0 Å². The molecular weight excluding hydrogens is 332 g/mol. The van der Waals surface area contributed by atoms with Gasteiger partial charge >= 0.3 is 5.97 Å². The molecule has 0 unspecified atom stereocenters. The van der Waals surface area contributed by atoms with Gasteiger partial charge < -0.3 is 10.5 Å². The Labute approximate surface area is 151 Å². The third-order valence-electron chi connectivity index (χ3n) is 4.22. The SMILES string of the molecule is COC(=O)c1ccc(-c2csc(Cc3cc(C)c(N)cc3C)n2)cc1. The summed E-state index contributed by atoms with van der Waals surface area (Å²) >= 11 is 1.64. The molecule has 0 bridgehead atoms. The number of benzene rings is 2. The molecule has 0 saturated carbocycles. The summed E-state index contributed by atoms with van der Waals surface area (Å²) in [6.07, 6.45) is 0.790. The number of hydrogen-bond donors (Lipinski definition) is 1. The largest absolute Gasteiger partial charge is 0.465 e. The fraction of sp³-hybridized carbons (Fsp3) is 0.200. The van der Waals surface area contributed by atoms with Gasteiger partial charge in [0.1, 0.15) is 0 Å². The van der Waals surface area contributed by atoms with Crippen LogP contribution >= 0.6 is 11.3 Å². The maximum atomic E-state index is 11.5. The van der Waals surface area contributed by atoms with Gasteiger partial charge in [0.2, 0.25) is 0 Å². The average molecular weight is 352 g/mol.